The Morgan fingerprint density at radius 2 is 1.50 bits per heavy atom. The first kappa shape index (κ1) is 16.1. The third kappa shape index (κ3) is 8.31. The highest BCUT2D eigenvalue weighted by atomic mass is 28.2. The number of hydrogen-bond acceptors (Lipinski definition) is 2. The predicted octanol–water partition coefficient (Wildman–Crippen LogP) is 2.39. The molecule has 0 aromatic carbocycles. The first-order valence-corrected chi connectivity index (χ1v) is 8.73. The molecule has 98 valence electrons. The van der Waals surface area contributed by atoms with Gasteiger partial charge in [-0.1, -0.05) is 40.5 Å². The molecule has 16 heavy (non-hydrogen) atoms. The summed E-state index contributed by atoms with van der Waals surface area (Å²) in [6.45, 7) is 14.2. The van der Waals surface area contributed by atoms with E-state index in [4.69, 9.17) is 0 Å². The molecule has 0 aliphatic heterocycles. The number of hydrogen-bond donors (Lipinski definition) is 1. The lowest BCUT2D eigenvalue weighted by molar-refractivity contribution is 0.279. The van der Waals surface area contributed by atoms with Gasteiger partial charge in [-0.25, -0.2) is 0 Å². The molecule has 0 rings (SSSR count). The van der Waals surface area contributed by atoms with Crippen LogP contribution in [0.5, 0.6) is 0 Å². The highest BCUT2D eigenvalue weighted by molar-refractivity contribution is 6.34. The van der Waals surface area contributed by atoms with Crippen molar-refractivity contribution in [2.24, 2.45) is 0 Å². The lowest BCUT2D eigenvalue weighted by atomic mass is 10.3. The lowest BCUT2D eigenvalue weighted by Gasteiger charge is -2.21. The van der Waals surface area contributed by atoms with Gasteiger partial charge in [0.05, 0.1) is 9.68 Å². The summed E-state index contributed by atoms with van der Waals surface area (Å²) < 4.78 is 0. The van der Waals surface area contributed by atoms with E-state index in [-0.39, 0.29) is 9.68 Å². The van der Waals surface area contributed by atoms with Crippen LogP contribution in [-0.2, 0) is 0 Å². The zero-order chi connectivity index (χ0) is 12.2. The molecule has 2 nitrogen and oxygen atoms in total. The molecule has 0 aliphatic rings. The van der Waals surface area contributed by atoms with E-state index in [2.05, 4.69) is 37.6 Å². The average molecular weight is 244 g/mol. The topological polar surface area (TPSA) is 15.3 Å². The van der Waals surface area contributed by atoms with Crippen LogP contribution in [0.3, 0.4) is 0 Å². The van der Waals surface area contributed by atoms with Gasteiger partial charge in [-0.05, 0) is 31.5 Å². The normalized spacial score (nSPS) is 12.4. The predicted molar refractivity (Wildman–Crippen MR) is 77.9 cm³/mol. The van der Waals surface area contributed by atoms with Crippen LogP contribution in [0.1, 0.15) is 53.4 Å². The molecule has 0 bridgehead atoms. The maximum atomic E-state index is 3.73. The molecule has 0 saturated heterocycles. The van der Waals surface area contributed by atoms with E-state index in [0.29, 0.717) is 0 Å². The largest absolute Gasteiger partial charge is 0.341 e. The van der Waals surface area contributed by atoms with Gasteiger partial charge in [0.1, 0.15) is 0 Å². The molecule has 0 radical (unpaired) electrons. The second-order valence-corrected chi connectivity index (χ2v) is 6.79. The van der Waals surface area contributed by atoms with Crippen molar-refractivity contribution in [1.82, 2.24) is 9.88 Å². The minimum Gasteiger partial charge on any atom is -0.341 e. The van der Waals surface area contributed by atoms with Crippen molar-refractivity contribution in [3.05, 3.63) is 0 Å². The van der Waals surface area contributed by atoms with Crippen molar-refractivity contribution in [1.29, 1.82) is 0 Å². The summed E-state index contributed by atoms with van der Waals surface area (Å²) in [5.74, 6) is 0. The van der Waals surface area contributed by atoms with E-state index in [1.165, 1.54) is 51.9 Å². The Bertz CT molecular complexity index is 132. The van der Waals surface area contributed by atoms with Crippen molar-refractivity contribution >= 4 is 9.68 Å². The molecular formula is C13H32N2Si. The lowest BCUT2D eigenvalue weighted by Crippen LogP contribution is -2.35. The van der Waals surface area contributed by atoms with Crippen LogP contribution < -0.4 is 4.98 Å². The van der Waals surface area contributed by atoms with Crippen LogP contribution in [0, 0.1) is 0 Å². The maximum Gasteiger partial charge on any atom is 0.0947 e. The molecule has 0 heterocycles. The summed E-state index contributed by atoms with van der Waals surface area (Å²) >= 11 is 0. The molecule has 0 saturated carbocycles. The first-order valence-electron chi connectivity index (χ1n) is 7.21. The van der Waals surface area contributed by atoms with Crippen LogP contribution in [0.15, 0.2) is 0 Å². The second-order valence-electron chi connectivity index (χ2n) is 4.73. The Morgan fingerprint density at radius 3 is 1.94 bits per heavy atom. The standard InChI is InChI=1S/C13H32N2Si/c1-5-10-15(11-6-2)12-9-14-16-13(7-3)8-4/h13-14H,5-12,16H2,1-4H3. The molecule has 0 aromatic heterocycles. The average Bonchev–Trinajstić information content (AvgIpc) is 2.30. The van der Waals surface area contributed by atoms with Crippen LogP contribution in [-0.4, -0.2) is 40.8 Å². The number of nitrogens with one attached hydrogen (secondary N) is 1. The molecule has 0 amide bonds. The fraction of sp³-hybridized carbons (Fsp3) is 1.00. The third-order valence-corrected chi connectivity index (χ3v) is 5.65. The zero-order valence-corrected chi connectivity index (χ0v) is 13.3. The van der Waals surface area contributed by atoms with Crippen molar-refractivity contribution in [2.75, 3.05) is 26.2 Å². The van der Waals surface area contributed by atoms with Gasteiger partial charge in [0.15, 0.2) is 0 Å². The summed E-state index contributed by atoms with van der Waals surface area (Å²) in [5.41, 5.74) is 1.01. The van der Waals surface area contributed by atoms with Crippen molar-refractivity contribution in [3.63, 3.8) is 0 Å². The van der Waals surface area contributed by atoms with Crippen molar-refractivity contribution in [3.8, 4) is 0 Å². The molecule has 0 aromatic rings. The quantitative estimate of drug-likeness (QED) is 0.443. The fourth-order valence-electron chi connectivity index (χ4n) is 2.09. The Morgan fingerprint density at radius 1 is 0.938 bits per heavy atom. The Kier molecular flexibility index (Phi) is 11.7. The first-order chi connectivity index (χ1) is 7.78. The van der Waals surface area contributed by atoms with Crippen LogP contribution in [0.2, 0.25) is 5.54 Å². The summed E-state index contributed by atoms with van der Waals surface area (Å²) in [7, 11) is -0.0223. The van der Waals surface area contributed by atoms with E-state index in [9.17, 15) is 0 Å². The minimum absolute atomic E-state index is 0.0223. The maximum absolute atomic E-state index is 3.73. The Labute approximate surface area is 105 Å². The van der Waals surface area contributed by atoms with E-state index in [1.54, 1.807) is 0 Å². The minimum atomic E-state index is -0.0223. The van der Waals surface area contributed by atoms with Crippen molar-refractivity contribution < 1.29 is 0 Å². The summed E-state index contributed by atoms with van der Waals surface area (Å²) in [6, 6.07) is 0. The highest BCUT2D eigenvalue weighted by Gasteiger charge is 2.05. The molecule has 0 atom stereocenters. The smallest absolute Gasteiger partial charge is 0.0947 e. The van der Waals surface area contributed by atoms with Crippen LogP contribution in [0.25, 0.3) is 0 Å². The van der Waals surface area contributed by atoms with Gasteiger partial charge in [-0.2, -0.15) is 0 Å². The van der Waals surface area contributed by atoms with E-state index in [0.717, 1.165) is 5.54 Å². The fourth-order valence-corrected chi connectivity index (χ4v) is 3.44. The van der Waals surface area contributed by atoms with Gasteiger partial charge in [0, 0.05) is 13.1 Å². The van der Waals surface area contributed by atoms with Gasteiger partial charge in [-0.3, -0.25) is 0 Å². The van der Waals surface area contributed by atoms with Crippen molar-refractivity contribution in [2.45, 2.75) is 58.9 Å². The van der Waals surface area contributed by atoms with Crippen LogP contribution in [0.4, 0.5) is 0 Å². The molecular weight excluding hydrogens is 212 g/mol. The molecule has 0 aliphatic carbocycles. The zero-order valence-electron chi connectivity index (χ0n) is 11.9. The highest BCUT2D eigenvalue weighted by Crippen LogP contribution is 2.10. The van der Waals surface area contributed by atoms with E-state index in [1.807, 2.05) is 0 Å². The SMILES string of the molecule is CCCN(CCC)CCN[SiH2]C(CC)CC. The van der Waals surface area contributed by atoms with E-state index >= 15 is 0 Å². The van der Waals surface area contributed by atoms with Gasteiger partial charge in [0.2, 0.25) is 0 Å². The summed E-state index contributed by atoms with van der Waals surface area (Å²) in [4.78, 5) is 6.32. The monoisotopic (exact) mass is 244 g/mol. The second kappa shape index (κ2) is 11.6. The summed E-state index contributed by atoms with van der Waals surface area (Å²) in [5, 5.41) is 0. The molecule has 3 heteroatoms. The third-order valence-electron chi connectivity index (χ3n) is 3.27. The van der Waals surface area contributed by atoms with Gasteiger partial charge in [-0.15, -0.1) is 0 Å². The van der Waals surface area contributed by atoms with E-state index < -0.39 is 0 Å². The number of nitrogens with zero attached hydrogens (tertiary/aromatic N) is 1. The van der Waals surface area contributed by atoms with Gasteiger partial charge >= 0.3 is 0 Å². The molecule has 1 N–H and O–H groups in total. The number of rotatable bonds is 11. The Hall–Kier alpha value is 0.137. The van der Waals surface area contributed by atoms with Gasteiger partial charge in [0.25, 0.3) is 0 Å². The Balaban J connectivity index is 3.52. The van der Waals surface area contributed by atoms with Crippen LogP contribution >= 0.6 is 0 Å². The molecule has 0 unspecified atom stereocenters. The summed E-state index contributed by atoms with van der Waals surface area (Å²) in [6.07, 6.45) is 5.29. The van der Waals surface area contributed by atoms with Gasteiger partial charge < -0.3 is 9.88 Å². The molecule has 0 fully saturated rings. The molecule has 0 spiro atoms.